The van der Waals surface area contributed by atoms with Crippen molar-refractivity contribution in [3.8, 4) is 5.75 Å². The third-order valence-corrected chi connectivity index (χ3v) is 3.80. The standard InChI is InChI=1S/C18H23NO/c1-13-9-14(2)17(18(10-13)20-3)11-16(12-19)15-7-5-4-6-8-15/h4-10,16H,11-12,19H2,1-3H3. The molecule has 0 saturated heterocycles. The fourth-order valence-electron chi connectivity index (χ4n) is 2.71. The molecule has 1 atom stereocenters. The van der Waals surface area contributed by atoms with Crippen LogP contribution in [0.4, 0.5) is 0 Å². The molecular weight excluding hydrogens is 246 g/mol. The zero-order chi connectivity index (χ0) is 14.5. The fourth-order valence-corrected chi connectivity index (χ4v) is 2.71. The van der Waals surface area contributed by atoms with Gasteiger partial charge in [-0.05, 0) is 55.1 Å². The van der Waals surface area contributed by atoms with E-state index in [9.17, 15) is 0 Å². The van der Waals surface area contributed by atoms with E-state index < -0.39 is 0 Å². The number of hydrogen-bond donors (Lipinski definition) is 1. The highest BCUT2D eigenvalue weighted by atomic mass is 16.5. The van der Waals surface area contributed by atoms with E-state index in [0.717, 1.165) is 12.2 Å². The van der Waals surface area contributed by atoms with E-state index in [-0.39, 0.29) is 0 Å². The lowest BCUT2D eigenvalue weighted by Gasteiger charge is -2.19. The molecule has 0 fully saturated rings. The Morgan fingerprint density at radius 2 is 1.80 bits per heavy atom. The second kappa shape index (κ2) is 6.58. The third kappa shape index (κ3) is 3.20. The number of benzene rings is 2. The highest BCUT2D eigenvalue weighted by molar-refractivity contribution is 5.44. The molecule has 0 amide bonds. The predicted molar refractivity (Wildman–Crippen MR) is 84.4 cm³/mol. The third-order valence-electron chi connectivity index (χ3n) is 3.80. The van der Waals surface area contributed by atoms with E-state index in [0.29, 0.717) is 12.5 Å². The molecule has 20 heavy (non-hydrogen) atoms. The van der Waals surface area contributed by atoms with Crippen LogP contribution in [0.3, 0.4) is 0 Å². The van der Waals surface area contributed by atoms with Crippen LogP contribution >= 0.6 is 0 Å². The van der Waals surface area contributed by atoms with Gasteiger partial charge in [0.2, 0.25) is 0 Å². The summed E-state index contributed by atoms with van der Waals surface area (Å²) in [6.07, 6.45) is 0.912. The first-order chi connectivity index (χ1) is 9.65. The van der Waals surface area contributed by atoms with E-state index in [2.05, 4.69) is 50.2 Å². The van der Waals surface area contributed by atoms with Gasteiger partial charge in [0.15, 0.2) is 0 Å². The summed E-state index contributed by atoms with van der Waals surface area (Å²) in [4.78, 5) is 0. The molecule has 0 spiro atoms. The number of aryl methyl sites for hydroxylation is 2. The van der Waals surface area contributed by atoms with E-state index in [1.807, 2.05) is 6.07 Å². The summed E-state index contributed by atoms with van der Waals surface area (Å²) in [5.74, 6) is 1.29. The lowest BCUT2D eigenvalue weighted by molar-refractivity contribution is 0.407. The van der Waals surface area contributed by atoms with Crippen LogP contribution in [0.25, 0.3) is 0 Å². The van der Waals surface area contributed by atoms with Crippen LogP contribution in [-0.2, 0) is 6.42 Å². The number of hydrogen-bond acceptors (Lipinski definition) is 2. The van der Waals surface area contributed by atoms with Crippen molar-refractivity contribution >= 4 is 0 Å². The maximum atomic E-state index is 5.98. The van der Waals surface area contributed by atoms with Gasteiger partial charge in [0.25, 0.3) is 0 Å². The van der Waals surface area contributed by atoms with Gasteiger partial charge >= 0.3 is 0 Å². The highest BCUT2D eigenvalue weighted by Gasteiger charge is 2.15. The fraction of sp³-hybridized carbons (Fsp3) is 0.333. The molecule has 0 saturated carbocycles. The summed E-state index contributed by atoms with van der Waals surface area (Å²) in [6.45, 7) is 4.88. The maximum Gasteiger partial charge on any atom is 0.122 e. The van der Waals surface area contributed by atoms with Crippen molar-refractivity contribution < 1.29 is 4.74 Å². The zero-order valence-electron chi connectivity index (χ0n) is 12.5. The van der Waals surface area contributed by atoms with Gasteiger partial charge in [0.1, 0.15) is 5.75 Å². The predicted octanol–water partition coefficient (Wildman–Crippen LogP) is 3.60. The minimum Gasteiger partial charge on any atom is -0.496 e. The van der Waals surface area contributed by atoms with Gasteiger partial charge in [-0.1, -0.05) is 36.4 Å². The summed E-state index contributed by atoms with van der Waals surface area (Å²) in [7, 11) is 1.73. The van der Waals surface area contributed by atoms with Crippen LogP contribution in [0.2, 0.25) is 0 Å². The van der Waals surface area contributed by atoms with Crippen LogP contribution in [0, 0.1) is 13.8 Å². The molecule has 2 rings (SSSR count). The molecule has 2 nitrogen and oxygen atoms in total. The van der Waals surface area contributed by atoms with Crippen molar-refractivity contribution in [2.75, 3.05) is 13.7 Å². The number of rotatable bonds is 5. The average molecular weight is 269 g/mol. The summed E-state index contributed by atoms with van der Waals surface area (Å²) in [6, 6.07) is 14.8. The molecule has 0 radical (unpaired) electrons. The molecule has 0 aliphatic heterocycles. The summed E-state index contributed by atoms with van der Waals surface area (Å²) in [5, 5.41) is 0. The van der Waals surface area contributed by atoms with Crippen molar-refractivity contribution in [1.82, 2.24) is 0 Å². The van der Waals surface area contributed by atoms with Crippen LogP contribution in [-0.4, -0.2) is 13.7 Å². The molecule has 0 aliphatic carbocycles. The Morgan fingerprint density at radius 1 is 1.10 bits per heavy atom. The molecular formula is C18H23NO. The average Bonchev–Trinajstić information content (AvgIpc) is 2.46. The maximum absolute atomic E-state index is 5.98. The molecule has 2 aromatic rings. The summed E-state index contributed by atoms with van der Waals surface area (Å²) >= 11 is 0. The van der Waals surface area contributed by atoms with E-state index in [4.69, 9.17) is 10.5 Å². The van der Waals surface area contributed by atoms with Gasteiger partial charge in [0.05, 0.1) is 7.11 Å². The van der Waals surface area contributed by atoms with Crippen molar-refractivity contribution in [1.29, 1.82) is 0 Å². The Morgan fingerprint density at radius 3 is 2.40 bits per heavy atom. The largest absolute Gasteiger partial charge is 0.496 e. The first-order valence-corrected chi connectivity index (χ1v) is 7.04. The second-order valence-electron chi connectivity index (χ2n) is 5.31. The lowest BCUT2D eigenvalue weighted by atomic mass is 9.89. The van der Waals surface area contributed by atoms with Gasteiger partial charge in [-0.2, -0.15) is 0 Å². The molecule has 0 aromatic heterocycles. The molecule has 1 unspecified atom stereocenters. The second-order valence-corrected chi connectivity index (χ2v) is 5.31. The number of ether oxygens (including phenoxy) is 1. The monoisotopic (exact) mass is 269 g/mol. The van der Waals surface area contributed by atoms with E-state index in [1.54, 1.807) is 7.11 Å². The minimum atomic E-state index is 0.325. The Kier molecular flexibility index (Phi) is 4.80. The van der Waals surface area contributed by atoms with Crippen LogP contribution in [0.15, 0.2) is 42.5 Å². The first-order valence-electron chi connectivity index (χ1n) is 7.04. The molecule has 0 bridgehead atoms. The van der Waals surface area contributed by atoms with Crippen molar-refractivity contribution in [2.24, 2.45) is 5.73 Å². The van der Waals surface area contributed by atoms with E-state index in [1.165, 1.54) is 22.3 Å². The van der Waals surface area contributed by atoms with Gasteiger partial charge in [-0.15, -0.1) is 0 Å². The zero-order valence-corrected chi connectivity index (χ0v) is 12.5. The molecule has 106 valence electrons. The first kappa shape index (κ1) is 14.6. The van der Waals surface area contributed by atoms with Gasteiger partial charge in [-0.3, -0.25) is 0 Å². The molecule has 2 N–H and O–H groups in total. The lowest BCUT2D eigenvalue weighted by Crippen LogP contribution is -2.16. The highest BCUT2D eigenvalue weighted by Crippen LogP contribution is 2.29. The van der Waals surface area contributed by atoms with Gasteiger partial charge in [0, 0.05) is 5.92 Å². The summed E-state index contributed by atoms with van der Waals surface area (Å²) in [5.41, 5.74) is 11.0. The Hall–Kier alpha value is -1.80. The normalized spacial score (nSPS) is 12.2. The molecule has 0 heterocycles. The smallest absolute Gasteiger partial charge is 0.122 e. The summed E-state index contributed by atoms with van der Waals surface area (Å²) < 4.78 is 5.55. The molecule has 0 aliphatic rings. The Bertz CT molecular complexity index is 563. The number of methoxy groups -OCH3 is 1. The van der Waals surface area contributed by atoms with Crippen molar-refractivity contribution in [3.63, 3.8) is 0 Å². The number of nitrogens with two attached hydrogens (primary N) is 1. The van der Waals surface area contributed by atoms with E-state index >= 15 is 0 Å². The topological polar surface area (TPSA) is 35.2 Å². The molecule has 2 heteroatoms. The Labute approximate surface area is 121 Å². The van der Waals surface area contributed by atoms with Crippen molar-refractivity contribution in [3.05, 3.63) is 64.7 Å². The SMILES string of the molecule is COc1cc(C)cc(C)c1CC(CN)c1ccccc1. The molecule has 2 aromatic carbocycles. The van der Waals surface area contributed by atoms with Crippen LogP contribution in [0.1, 0.15) is 28.2 Å². The quantitative estimate of drug-likeness (QED) is 0.900. The van der Waals surface area contributed by atoms with Crippen LogP contribution < -0.4 is 10.5 Å². The van der Waals surface area contributed by atoms with Gasteiger partial charge in [-0.25, -0.2) is 0 Å². The Balaban J connectivity index is 2.33. The van der Waals surface area contributed by atoms with Gasteiger partial charge < -0.3 is 10.5 Å². The minimum absolute atomic E-state index is 0.325. The van der Waals surface area contributed by atoms with Crippen molar-refractivity contribution in [2.45, 2.75) is 26.2 Å². The van der Waals surface area contributed by atoms with Crippen LogP contribution in [0.5, 0.6) is 5.75 Å².